The first-order valence-corrected chi connectivity index (χ1v) is 4.95. The van der Waals surface area contributed by atoms with E-state index in [1.54, 1.807) is 0 Å². The minimum Gasteiger partial charge on any atom is -0.324 e. The summed E-state index contributed by atoms with van der Waals surface area (Å²) in [5.74, 6) is 2.10. The van der Waals surface area contributed by atoms with Gasteiger partial charge in [-0.25, -0.2) is 9.18 Å². The smallest absolute Gasteiger partial charge is 0.320 e. The van der Waals surface area contributed by atoms with Crippen molar-refractivity contribution in [1.82, 2.24) is 5.32 Å². The molecule has 1 unspecified atom stereocenters. The molecule has 0 aromatic heterocycles. The molecule has 1 aromatic carbocycles. The molecule has 0 bridgehead atoms. The van der Waals surface area contributed by atoms with Gasteiger partial charge in [-0.05, 0) is 30.7 Å². The molecule has 0 saturated carbocycles. The number of terminal acetylenes is 1. The Morgan fingerprint density at radius 2 is 2.12 bits per heavy atom. The number of carbonyl (C=O) groups is 1. The minimum absolute atomic E-state index is 0.291. The van der Waals surface area contributed by atoms with Crippen molar-refractivity contribution in [3.8, 4) is 12.3 Å². The summed E-state index contributed by atoms with van der Waals surface area (Å²) in [5.41, 5.74) is 0.519. The zero-order valence-corrected chi connectivity index (χ0v) is 8.96. The lowest BCUT2D eigenvalue weighted by Crippen LogP contribution is -2.36. The van der Waals surface area contributed by atoms with Gasteiger partial charge in [0, 0.05) is 5.69 Å². The number of urea groups is 1. The number of carbonyl (C=O) groups excluding carboxylic acids is 1. The van der Waals surface area contributed by atoms with E-state index in [4.69, 9.17) is 6.42 Å². The minimum atomic E-state index is -0.392. The molecule has 0 heterocycles. The Hall–Kier alpha value is -2.02. The topological polar surface area (TPSA) is 41.1 Å². The van der Waals surface area contributed by atoms with Crippen molar-refractivity contribution >= 4 is 11.7 Å². The molecule has 0 radical (unpaired) electrons. The molecular formula is C12H13FN2O. The highest BCUT2D eigenvalue weighted by molar-refractivity contribution is 5.89. The number of hydrogen-bond acceptors (Lipinski definition) is 1. The number of nitrogens with one attached hydrogen (secondary N) is 2. The summed E-state index contributed by atoms with van der Waals surface area (Å²) in [4.78, 5) is 11.4. The standard InChI is InChI=1S/C12H13FN2O/c1-3-10(4-2)14-12(16)15-11-7-5-9(13)6-8-11/h1,5-8,10H,4H2,2H3,(H2,14,15,16). The van der Waals surface area contributed by atoms with E-state index in [0.29, 0.717) is 12.1 Å². The van der Waals surface area contributed by atoms with Gasteiger partial charge in [0.2, 0.25) is 0 Å². The van der Waals surface area contributed by atoms with Crippen LogP contribution in [0.3, 0.4) is 0 Å². The number of halogens is 1. The Morgan fingerprint density at radius 1 is 1.50 bits per heavy atom. The van der Waals surface area contributed by atoms with E-state index >= 15 is 0 Å². The first kappa shape index (κ1) is 12.1. The van der Waals surface area contributed by atoms with E-state index in [9.17, 15) is 9.18 Å². The first-order chi connectivity index (χ1) is 7.65. The lowest BCUT2D eigenvalue weighted by molar-refractivity contribution is 0.250. The highest BCUT2D eigenvalue weighted by Crippen LogP contribution is 2.07. The Balaban J connectivity index is 2.52. The van der Waals surface area contributed by atoms with Crippen LogP contribution in [0, 0.1) is 18.2 Å². The summed E-state index contributed by atoms with van der Waals surface area (Å²) in [6.45, 7) is 1.88. The summed E-state index contributed by atoms with van der Waals surface area (Å²) < 4.78 is 12.6. The third-order valence-corrected chi connectivity index (χ3v) is 2.02. The van der Waals surface area contributed by atoms with E-state index < -0.39 is 6.03 Å². The molecule has 84 valence electrons. The summed E-state index contributed by atoms with van der Waals surface area (Å²) >= 11 is 0. The van der Waals surface area contributed by atoms with E-state index in [0.717, 1.165) is 0 Å². The third kappa shape index (κ3) is 3.62. The van der Waals surface area contributed by atoms with Crippen LogP contribution in [0.5, 0.6) is 0 Å². The Kier molecular flexibility index (Phi) is 4.34. The summed E-state index contributed by atoms with van der Waals surface area (Å²) in [7, 11) is 0. The van der Waals surface area contributed by atoms with Gasteiger partial charge >= 0.3 is 6.03 Å². The average molecular weight is 220 g/mol. The number of anilines is 1. The van der Waals surface area contributed by atoms with Crippen LogP contribution < -0.4 is 10.6 Å². The lowest BCUT2D eigenvalue weighted by atomic mass is 10.2. The van der Waals surface area contributed by atoms with Crippen LogP contribution in [0.4, 0.5) is 14.9 Å². The Labute approximate surface area is 94.0 Å². The molecule has 3 nitrogen and oxygen atoms in total. The number of amides is 2. The molecule has 0 aliphatic carbocycles. The fourth-order valence-corrected chi connectivity index (χ4v) is 1.12. The molecule has 0 aliphatic rings. The zero-order chi connectivity index (χ0) is 12.0. The fourth-order valence-electron chi connectivity index (χ4n) is 1.12. The second-order valence-electron chi connectivity index (χ2n) is 3.23. The molecule has 4 heteroatoms. The van der Waals surface area contributed by atoms with Crippen molar-refractivity contribution in [2.45, 2.75) is 19.4 Å². The quantitative estimate of drug-likeness (QED) is 0.754. The van der Waals surface area contributed by atoms with Crippen molar-refractivity contribution in [2.24, 2.45) is 0 Å². The maximum Gasteiger partial charge on any atom is 0.320 e. The van der Waals surface area contributed by atoms with Gasteiger partial charge in [-0.1, -0.05) is 12.8 Å². The second-order valence-corrected chi connectivity index (χ2v) is 3.23. The van der Waals surface area contributed by atoms with Gasteiger partial charge in [0.25, 0.3) is 0 Å². The Bertz CT molecular complexity index is 394. The molecule has 2 N–H and O–H groups in total. The fraction of sp³-hybridized carbons (Fsp3) is 0.250. The van der Waals surface area contributed by atoms with Crippen molar-refractivity contribution < 1.29 is 9.18 Å². The number of benzene rings is 1. The van der Waals surface area contributed by atoms with Crippen molar-refractivity contribution in [3.05, 3.63) is 30.1 Å². The molecule has 0 spiro atoms. The van der Waals surface area contributed by atoms with Crippen LogP contribution in [0.2, 0.25) is 0 Å². The molecule has 0 fully saturated rings. The molecule has 1 rings (SSSR count). The van der Waals surface area contributed by atoms with Crippen molar-refractivity contribution in [3.63, 3.8) is 0 Å². The second kappa shape index (κ2) is 5.76. The maximum atomic E-state index is 12.6. The van der Waals surface area contributed by atoms with Crippen LogP contribution in [-0.4, -0.2) is 12.1 Å². The van der Waals surface area contributed by atoms with Gasteiger partial charge in [-0.3, -0.25) is 0 Å². The molecule has 2 amide bonds. The zero-order valence-electron chi connectivity index (χ0n) is 8.96. The SMILES string of the molecule is C#CC(CC)NC(=O)Nc1ccc(F)cc1. The van der Waals surface area contributed by atoms with Crippen LogP contribution in [0.15, 0.2) is 24.3 Å². The highest BCUT2D eigenvalue weighted by atomic mass is 19.1. The maximum absolute atomic E-state index is 12.6. The summed E-state index contributed by atoms with van der Waals surface area (Å²) in [6.07, 6.45) is 5.86. The van der Waals surface area contributed by atoms with Gasteiger partial charge < -0.3 is 10.6 Å². The van der Waals surface area contributed by atoms with Crippen molar-refractivity contribution in [2.75, 3.05) is 5.32 Å². The van der Waals surface area contributed by atoms with Gasteiger partial charge in [0.15, 0.2) is 0 Å². The number of hydrogen-bond donors (Lipinski definition) is 2. The largest absolute Gasteiger partial charge is 0.324 e. The molecule has 0 aliphatic heterocycles. The predicted octanol–water partition coefficient (Wildman–Crippen LogP) is 2.36. The monoisotopic (exact) mass is 220 g/mol. The van der Waals surface area contributed by atoms with Gasteiger partial charge in [-0.2, -0.15) is 0 Å². The van der Waals surface area contributed by atoms with Gasteiger partial charge in [0.1, 0.15) is 5.82 Å². The summed E-state index contributed by atoms with van der Waals surface area (Å²) in [6, 6.07) is 4.82. The number of rotatable bonds is 3. The highest BCUT2D eigenvalue weighted by Gasteiger charge is 2.06. The van der Waals surface area contributed by atoms with Crippen LogP contribution >= 0.6 is 0 Å². The molecule has 1 aromatic rings. The van der Waals surface area contributed by atoms with E-state index in [-0.39, 0.29) is 11.9 Å². The normalized spacial score (nSPS) is 11.3. The van der Waals surface area contributed by atoms with Crippen molar-refractivity contribution in [1.29, 1.82) is 0 Å². The molecule has 0 saturated heterocycles. The Morgan fingerprint density at radius 3 is 2.62 bits per heavy atom. The van der Waals surface area contributed by atoms with E-state index in [1.807, 2.05) is 6.92 Å². The van der Waals surface area contributed by atoms with Crippen LogP contribution in [-0.2, 0) is 0 Å². The predicted molar refractivity (Wildman–Crippen MR) is 61.5 cm³/mol. The molecule has 16 heavy (non-hydrogen) atoms. The molecular weight excluding hydrogens is 207 g/mol. The van der Waals surface area contributed by atoms with Gasteiger partial charge in [-0.15, -0.1) is 6.42 Å². The first-order valence-electron chi connectivity index (χ1n) is 4.95. The third-order valence-electron chi connectivity index (χ3n) is 2.02. The van der Waals surface area contributed by atoms with E-state index in [2.05, 4.69) is 16.6 Å². The molecule has 1 atom stereocenters. The summed E-state index contributed by atoms with van der Waals surface area (Å²) in [5, 5.41) is 5.16. The van der Waals surface area contributed by atoms with Crippen LogP contribution in [0.1, 0.15) is 13.3 Å². The van der Waals surface area contributed by atoms with Crippen LogP contribution in [0.25, 0.3) is 0 Å². The van der Waals surface area contributed by atoms with E-state index in [1.165, 1.54) is 24.3 Å². The lowest BCUT2D eigenvalue weighted by Gasteiger charge is -2.11. The average Bonchev–Trinajstić information content (AvgIpc) is 2.29. The van der Waals surface area contributed by atoms with Gasteiger partial charge in [0.05, 0.1) is 6.04 Å².